The predicted molar refractivity (Wildman–Crippen MR) is 82.2 cm³/mol. The van der Waals surface area contributed by atoms with Crippen LogP contribution < -0.4 is 5.73 Å². The summed E-state index contributed by atoms with van der Waals surface area (Å²) in [6.45, 7) is 5.88. The first kappa shape index (κ1) is 15.3. The summed E-state index contributed by atoms with van der Waals surface area (Å²) in [6, 6.07) is 0.734. The van der Waals surface area contributed by atoms with Gasteiger partial charge in [0, 0.05) is 12.6 Å². The van der Waals surface area contributed by atoms with Crippen LogP contribution in [0.3, 0.4) is 0 Å². The van der Waals surface area contributed by atoms with Crippen LogP contribution >= 0.6 is 0 Å². The van der Waals surface area contributed by atoms with Gasteiger partial charge in [-0.25, -0.2) is 0 Å². The quantitative estimate of drug-likeness (QED) is 0.795. The van der Waals surface area contributed by atoms with E-state index in [1.165, 1.54) is 38.9 Å². The molecule has 21 heavy (non-hydrogen) atoms. The molecule has 0 aromatic rings. The van der Waals surface area contributed by atoms with Gasteiger partial charge < -0.3 is 15.7 Å². The fourth-order valence-corrected chi connectivity index (χ4v) is 4.54. The Morgan fingerprint density at radius 1 is 1.19 bits per heavy atom. The van der Waals surface area contributed by atoms with E-state index in [1.807, 2.05) is 0 Å². The molecule has 5 nitrogen and oxygen atoms in total. The van der Waals surface area contributed by atoms with Crippen molar-refractivity contribution in [3.8, 4) is 0 Å². The van der Waals surface area contributed by atoms with Crippen LogP contribution in [0.1, 0.15) is 44.9 Å². The summed E-state index contributed by atoms with van der Waals surface area (Å²) in [6.07, 6.45) is 7.51. The molecule has 3 aliphatic rings. The lowest BCUT2D eigenvalue weighted by Crippen LogP contribution is -2.51. The number of rotatable bonds is 5. The lowest BCUT2D eigenvalue weighted by atomic mass is 9.85. The molecule has 3 fully saturated rings. The van der Waals surface area contributed by atoms with E-state index in [0.29, 0.717) is 6.42 Å². The largest absolute Gasteiger partial charge is 0.480 e. The molecule has 1 saturated carbocycles. The predicted octanol–water partition coefficient (Wildman–Crippen LogP) is 1.13. The number of nitrogens with zero attached hydrogens (tertiary/aromatic N) is 2. The summed E-state index contributed by atoms with van der Waals surface area (Å²) >= 11 is 0. The number of nitrogens with two attached hydrogens (primary N) is 1. The molecule has 0 aromatic carbocycles. The van der Waals surface area contributed by atoms with Crippen molar-refractivity contribution >= 4 is 5.97 Å². The van der Waals surface area contributed by atoms with Crippen molar-refractivity contribution in [2.24, 2.45) is 11.7 Å². The molecule has 0 spiro atoms. The van der Waals surface area contributed by atoms with Crippen molar-refractivity contribution in [2.75, 3.05) is 32.7 Å². The molecule has 2 aliphatic heterocycles. The van der Waals surface area contributed by atoms with E-state index in [1.54, 1.807) is 0 Å². The smallest absolute Gasteiger partial charge is 0.323 e. The standard InChI is InChI=1S/C16H29N3O2/c17-16(15(20)21)7-3-4-13(16)5-10-18-11-6-14(12-18)19-8-1-2-9-19/h13-14H,1-12,17H2,(H,20,21). The Kier molecular flexibility index (Phi) is 4.52. The lowest BCUT2D eigenvalue weighted by Gasteiger charge is -2.29. The van der Waals surface area contributed by atoms with Crippen molar-refractivity contribution in [3.05, 3.63) is 0 Å². The molecule has 120 valence electrons. The monoisotopic (exact) mass is 295 g/mol. The Labute approximate surface area is 127 Å². The SMILES string of the molecule is NC1(C(=O)O)CCCC1CCN1CCC(N2CCCC2)C1. The zero-order valence-electron chi connectivity index (χ0n) is 13.0. The molecule has 3 N–H and O–H groups in total. The molecule has 0 amide bonds. The van der Waals surface area contributed by atoms with Crippen LogP contribution in [0.2, 0.25) is 0 Å². The molecule has 2 saturated heterocycles. The van der Waals surface area contributed by atoms with Gasteiger partial charge in [0.15, 0.2) is 0 Å². The summed E-state index contributed by atoms with van der Waals surface area (Å²) in [7, 11) is 0. The average Bonchev–Trinajstić information content (AvgIpc) is 3.17. The topological polar surface area (TPSA) is 69.8 Å². The van der Waals surface area contributed by atoms with Crippen LogP contribution in [0.5, 0.6) is 0 Å². The van der Waals surface area contributed by atoms with E-state index in [-0.39, 0.29) is 5.92 Å². The van der Waals surface area contributed by atoms with Gasteiger partial charge in [-0.05, 0) is 70.6 Å². The number of carbonyl (C=O) groups is 1. The third kappa shape index (κ3) is 3.10. The third-order valence-corrected chi connectivity index (χ3v) is 5.97. The second kappa shape index (κ2) is 6.23. The van der Waals surface area contributed by atoms with E-state index >= 15 is 0 Å². The van der Waals surface area contributed by atoms with Gasteiger partial charge in [0.05, 0.1) is 0 Å². The number of carboxylic acid groups (broad SMARTS) is 1. The molecule has 0 bridgehead atoms. The first-order chi connectivity index (χ1) is 10.1. The van der Waals surface area contributed by atoms with Crippen LogP contribution in [0.4, 0.5) is 0 Å². The third-order valence-electron chi connectivity index (χ3n) is 5.97. The highest BCUT2D eigenvalue weighted by atomic mass is 16.4. The summed E-state index contributed by atoms with van der Waals surface area (Å²) in [5.74, 6) is -0.651. The van der Waals surface area contributed by atoms with Crippen LogP contribution in [0.15, 0.2) is 0 Å². The van der Waals surface area contributed by atoms with Crippen molar-refractivity contribution < 1.29 is 9.90 Å². The molecule has 1 aliphatic carbocycles. The maximum absolute atomic E-state index is 11.4. The van der Waals surface area contributed by atoms with Gasteiger partial charge in [0.1, 0.15) is 5.54 Å². The highest BCUT2D eigenvalue weighted by Crippen LogP contribution is 2.36. The molecular formula is C16H29N3O2. The zero-order valence-corrected chi connectivity index (χ0v) is 13.0. The highest BCUT2D eigenvalue weighted by Gasteiger charge is 2.45. The van der Waals surface area contributed by atoms with Gasteiger partial charge in [0.25, 0.3) is 0 Å². The average molecular weight is 295 g/mol. The van der Waals surface area contributed by atoms with Crippen LogP contribution in [-0.4, -0.2) is 65.2 Å². The Hall–Kier alpha value is -0.650. The van der Waals surface area contributed by atoms with Gasteiger partial charge in [-0.3, -0.25) is 9.69 Å². The summed E-state index contributed by atoms with van der Waals surface area (Å²) in [4.78, 5) is 16.6. The fourth-order valence-electron chi connectivity index (χ4n) is 4.54. The van der Waals surface area contributed by atoms with Crippen LogP contribution in [0.25, 0.3) is 0 Å². The molecule has 3 rings (SSSR count). The summed E-state index contributed by atoms with van der Waals surface area (Å²) in [5, 5.41) is 9.38. The van der Waals surface area contributed by atoms with Crippen molar-refractivity contribution in [2.45, 2.75) is 56.5 Å². The van der Waals surface area contributed by atoms with Gasteiger partial charge >= 0.3 is 5.97 Å². The second-order valence-corrected chi connectivity index (χ2v) is 7.21. The zero-order chi connectivity index (χ0) is 14.9. The number of likely N-dealkylation sites (tertiary alicyclic amines) is 2. The van der Waals surface area contributed by atoms with Gasteiger partial charge in [-0.1, -0.05) is 6.42 Å². The number of carboxylic acids is 1. The maximum Gasteiger partial charge on any atom is 0.323 e. The highest BCUT2D eigenvalue weighted by molar-refractivity contribution is 5.79. The molecular weight excluding hydrogens is 266 g/mol. The van der Waals surface area contributed by atoms with E-state index in [0.717, 1.165) is 38.4 Å². The van der Waals surface area contributed by atoms with Gasteiger partial charge in [-0.2, -0.15) is 0 Å². The maximum atomic E-state index is 11.4. The first-order valence-electron chi connectivity index (χ1n) is 8.58. The van der Waals surface area contributed by atoms with Crippen molar-refractivity contribution in [1.82, 2.24) is 9.80 Å². The number of hydrogen-bond donors (Lipinski definition) is 2. The molecule has 2 heterocycles. The Morgan fingerprint density at radius 2 is 1.95 bits per heavy atom. The molecule has 5 heteroatoms. The number of hydrogen-bond acceptors (Lipinski definition) is 4. The normalized spacial score (nSPS) is 38.3. The van der Waals surface area contributed by atoms with Gasteiger partial charge in [0.2, 0.25) is 0 Å². The molecule has 3 atom stereocenters. The minimum absolute atomic E-state index is 0.154. The van der Waals surface area contributed by atoms with E-state index in [9.17, 15) is 9.90 Å². The Balaban J connectivity index is 1.46. The number of aliphatic carboxylic acids is 1. The van der Waals surface area contributed by atoms with E-state index in [4.69, 9.17) is 5.73 Å². The molecule has 0 radical (unpaired) electrons. The first-order valence-corrected chi connectivity index (χ1v) is 8.58. The lowest BCUT2D eigenvalue weighted by molar-refractivity contribution is -0.144. The Bertz CT molecular complexity index is 384. The van der Waals surface area contributed by atoms with Crippen molar-refractivity contribution in [1.29, 1.82) is 0 Å². The van der Waals surface area contributed by atoms with E-state index < -0.39 is 11.5 Å². The second-order valence-electron chi connectivity index (χ2n) is 7.21. The van der Waals surface area contributed by atoms with Crippen LogP contribution in [0, 0.1) is 5.92 Å². The Morgan fingerprint density at radius 3 is 2.67 bits per heavy atom. The fraction of sp³-hybridized carbons (Fsp3) is 0.938. The summed E-state index contributed by atoms with van der Waals surface area (Å²) < 4.78 is 0. The molecule has 3 unspecified atom stereocenters. The van der Waals surface area contributed by atoms with Crippen molar-refractivity contribution in [3.63, 3.8) is 0 Å². The van der Waals surface area contributed by atoms with E-state index in [2.05, 4.69) is 9.80 Å². The molecule has 0 aromatic heterocycles. The van der Waals surface area contributed by atoms with Crippen LogP contribution in [-0.2, 0) is 4.79 Å². The van der Waals surface area contributed by atoms with Gasteiger partial charge in [-0.15, -0.1) is 0 Å². The summed E-state index contributed by atoms with van der Waals surface area (Å²) in [5.41, 5.74) is 5.17. The minimum Gasteiger partial charge on any atom is -0.480 e. The minimum atomic E-state index is -0.964.